The van der Waals surface area contributed by atoms with E-state index in [2.05, 4.69) is 0 Å². The minimum atomic E-state index is -4.54. The Morgan fingerprint density at radius 1 is 0.971 bits per heavy atom. The molecule has 1 aliphatic rings. The average molecular weight is 484 g/mol. The van der Waals surface area contributed by atoms with E-state index in [0.29, 0.717) is 22.4 Å². The lowest BCUT2D eigenvalue weighted by molar-refractivity contribution is -0.137. The number of halogens is 4. The molecule has 7 heteroatoms. The quantitative estimate of drug-likeness (QED) is 0.283. The second-order valence-electron chi connectivity index (χ2n) is 9.62. The van der Waals surface area contributed by atoms with E-state index in [0.717, 1.165) is 24.3 Å². The van der Waals surface area contributed by atoms with Crippen molar-refractivity contribution in [2.75, 3.05) is 0 Å². The molecule has 0 amide bonds. The van der Waals surface area contributed by atoms with Crippen molar-refractivity contribution >= 4 is 11.6 Å². The number of rotatable bonds is 4. The summed E-state index contributed by atoms with van der Waals surface area (Å²) in [5.74, 6) is -1.09. The summed E-state index contributed by atoms with van der Waals surface area (Å²) in [6.45, 7) is 7.33. The van der Waals surface area contributed by atoms with E-state index in [1.807, 2.05) is 13.8 Å². The number of carbonyl (C=O) groups is 2. The zero-order chi connectivity index (χ0) is 25.7. The van der Waals surface area contributed by atoms with Crippen LogP contribution in [0.25, 0.3) is 11.1 Å². The fraction of sp³-hybridized carbons (Fsp3) is 0.286. The highest BCUT2D eigenvalue weighted by Gasteiger charge is 2.38. The Kier molecular flexibility index (Phi) is 6.07. The molecular weight excluding hydrogens is 460 g/mol. The van der Waals surface area contributed by atoms with Gasteiger partial charge >= 0.3 is 6.18 Å². The summed E-state index contributed by atoms with van der Waals surface area (Å²) in [6, 6.07) is 11.1. The lowest BCUT2D eigenvalue weighted by atomic mass is 9.79. The molecule has 1 aliphatic heterocycles. The van der Waals surface area contributed by atoms with Crippen LogP contribution in [0.15, 0.2) is 54.6 Å². The molecule has 0 saturated carbocycles. The first-order valence-electron chi connectivity index (χ1n) is 11.2. The van der Waals surface area contributed by atoms with Gasteiger partial charge in [0.05, 0.1) is 17.5 Å². The summed E-state index contributed by atoms with van der Waals surface area (Å²) in [5.41, 5.74) is 0.169. The third kappa shape index (κ3) is 4.72. The van der Waals surface area contributed by atoms with Gasteiger partial charge < -0.3 is 4.74 Å². The summed E-state index contributed by atoms with van der Waals surface area (Å²) in [6.07, 6.45) is -4.46. The molecule has 4 rings (SSSR count). The SMILES string of the molecule is CC(C)c1cc2c(c(-c3ccc(F)cc3)c1C(=O)c1ccc(C(F)(F)F)cc1)C(=O)CC(C)(C)O2. The van der Waals surface area contributed by atoms with Gasteiger partial charge in [0, 0.05) is 16.7 Å². The van der Waals surface area contributed by atoms with Crippen molar-refractivity contribution in [2.24, 2.45) is 0 Å². The molecule has 0 atom stereocenters. The lowest BCUT2D eigenvalue weighted by Gasteiger charge is -2.34. The van der Waals surface area contributed by atoms with E-state index in [9.17, 15) is 27.2 Å². The smallest absolute Gasteiger partial charge is 0.416 e. The summed E-state index contributed by atoms with van der Waals surface area (Å²) in [4.78, 5) is 27.1. The molecule has 0 spiro atoms. The normalized spacial score (nSPS) is 15.1. The molecule has 3 aromatic carbocycles. The maximum atomic E-state index is 13.8. The van der Waals surface area contributed by atoms with Crippen LogP contribution < -0.4 is 4.74 Å². The maximum Gasteiger partial charge on any atom is 0.416 e. The van der Waals surface area contributed by atoms with Gasteiger partial charge in [-0.2, -0.15) is 13.2 Å². The van der Waals surface area contributed by atoms with Crippen LogP contribution >= 0.6 is 0 Å². The molecule has 0 bridgehead atoms. The van der Waals surface area contributed by atoms with E-state index in [1.165, 1.54) is 24.3 Å². The van der Waals surface area contributed by atoms with Crippen molar-refractivity contribution in [3.63, 3.8) is 0 Å². The van der Waals surface area contributed by atoms with Gasteiger partial charge in [-0.15, -0.1) is 0 Å². The fourth-order valence-corrected chi connectivity index (χ4v) is 4.40. The summed E-state index contributed by atoms with van der Waals surface area (Å²) in [5, 5.41) is 0. The van der Waals surface area contributed by atoms with Gasteiger partial charge in [0.1, 0.15) is 17.2 Å². The molecule has 0 radical (unpaired) electrons. The first-order valence-corrected chi connectivity index (χ1v) is 11.2. The average Bonchev–Trinajstić information content (AvgIpc) is 2.76. The molecule has 3 nitrogen and oxygen atoms in total. The van der Waals surface area contributed by atoms with E-state index >= 15 is 0 Å². The highest BCUT2D eigenvalue weighted by Crippen LogP contribution is 2.45. The van der Waals surface area contributed by atoms with Crippen molar-refractivity contribution in [3.8, 4) is 16.9 Å². The summed E-state index contributed by atoms with van der Waals surface area (Å²) >= 11 is 0. The summed E-state index contributed by atoms with van der Waals surface area (Å²) in [7, 11) is 0. The zero-order valence-corrected chi connectivity index (χ0v) is 19.7. The van der Waals surface area contributed by atoms with Crippen LogP contribution in [0, 0.1) is 5.82 Å². The van der Waals surface area contributed by atoms with Crippen LogP contribution in [0.1, 0.15) is 77.4 Å². The van der Waals surface area contributed by atoms with Gasteiger partial charge in [-0.05, 0) is 61.2 Å². The van der Waals surface area contributed by atoms with Gasteiger partial charge in [0.25, 0.3) is 0 Å². The van der Waals surface area contributed by atoms with Crippen LogP contribution in [0.5, 0.6) is 5.75 Å². The number of benzene rings is 3. The Labute approximate surface area is 200 Å². The van der Waals surface area contributed by atoms with Gasteiger partial charge in [0.15, 0.2) is 11.6 Å². The van der Waals surface area contributed by atoms with Gasteiger partial charge in [0.2, 0.25) is 0 Å². The number of hydrogen-bond donors (Lipinski definition) is 0. The fourth-order valence-electron chi connectivity index (χ4n) is 4.40. The molecule has 0 saturated heterocycles. The largest absolute Gasteiger partial charge is 0.487 e. The van der Waals surface area contributed by atoms with Gasteiger partial charge in [-0.1, -0.05) is 38.1 Å². The number of alkyl halides is 3. The van der Waals surface area contributed by atoms with Crippen LogP contribution in [-0.4, -0.2) is 17.2 Å². The van der Waals surface area contributed by atoms with Crippen LogP contribution in [0.2, 0.25) is 0 Å². The second-order valence-corrected chi connectivity index (χ2v) is 9.62. The Morgan fingerprint density at radius 3 is 2.11 bits per heavy atom. The lowest BCUT2D eigenvalue weighted by Crippen LogP contribution is -2.36. The highest BCUT2D eigenvalue weighted by atomic mass is 19.4. The third-order valence-corrected chi connectivity index (χ3v) is 6.03. The molecule has 0 unspecified atom stereocenters. The standard InChI is InChI=1S/C28H24F4O3/c1-15(2)20-13-22-25(21(33)14-27(3,4)35-22)23(16-7-11-19(29)12-8-16)24(20)26(34)17-5-9-18(10-6-17)28(30,31)32/h5-13,15H,14H2,1-4H3. The topological polar surface area (TPSA) is 43.4 Å². The minimum absolute atomic E-state index is 0.0488. The first kappa shape index (κ1) is 24.6. The van der Waals surface area contributed by atoms with Crippen molar-refractivity contribution in [1.29, 1.82) is 0 Å². The molecule has 0 N–H and O–H groups in total. The molecule has 35 heavy (non-hydrogen) atoms. The van der Waals surface area contributed by atoms with Crippen molar-refractivity contribution < 1.29 is 31.9 Å². The van der Waals surface area contributed by atoms with E-state index in [1.54, 1.807) is 19.9 Å². The Balaban J connectivity index is 2.02. The van der Waals surface area contributed by atoms with Crippen molar-refractivity contribution in [1.82, 2.24) is 0 Å². The Bertz CT molecular complexity index is 1300. The molecule has 0 fully saturated rings. The van der Waals surface area contributed by atoms with Crippen LogP contribution in [0.4, 0.5) is 17.6 Å². The number of fused-ring (bicyclic) bond motifs is 1. The highest BCUT2D eigenvalue weighted by molar-refractivity contribution is 6.18. The predicted molar refractivity (Wildman–Crippen MR) is 124 cm³/mol. The van der Waals surface area contributed by atoms with Crippen LogP contribution in [-0.2, 0) is 6.18 Å². The minimum Gasteiger partial charge on any atom is -0.487 e. The van der Waals surface area contributed by atoms with Crippen LogP contribution in [0.3, 0.4) is 0 Å². The van der Waals surface area contributed by atoms with E-state index in [-0.39, 0.29) is 34.8 Å². The molecule has 0 aromatic heterocycles. The van der Waals surface area contributed by atoms with E-state index < -0.39 is 28.9 Å². The zero-order valence-electron chi connectivity index (χ0n) is 19.7. The third-order valence-electron chi connectivity index (χ3n) is 6.03. The van der Waals surface area contributed by atoms with Gasteiger partial charge in [-0.3, -0.25) is 9.59 Å². The number of Topliss-reactive ketones (excluding diaryl/α,β-unsaturated/α-hetero) is 1. The van der Waals surface area contributed by atoms with Crippen molar-refractivity contribution in [3.05, 3.63) is 88.2 Å². The number of carbonyl (C=O) groups excluding carboxylic acids is 2. The number of ketones is 2. The Morgan fingerprint density at radius 2 is 1.57 bits per heavy atom. The molecule has 182 valence electrons. The van der Waals surface area contributed by atoms with Crippen molar-refractivity contribution in [2.45, 2.75) is 51.8 Å². The number of ether oxygens (including phenoxy) is 1. The molecular formula is C28H24F4O3. The monoisotopic (exact) mass is 484 g/mol. The number of hydrogen-bond acceptors (Lipinski definition) is 3. The molecule has 3 aromatic rings. The predicted octanol–water partition coefficient (Wildman–Crippen LogP) is 7.61. The second kappa shape index (κ2) is 8.63. The van der Waals surface area contributed by atoms with Gasteiger partial charge in [-0.25, -0.2) is 4.39 Å². The summed E-state index contributed by atoms with van der Waals surface area (Å²) < 4.78 is 59.0. The maximum absolute atomic E-state index is 13.8. The van der Waals surface area contributed by atoms with E-state index in [4.69, 9.17) is 4.74 Å². The Hall–Kier alpha value is -3.48. The first-order chi connectivity index (χ1) is 16.3. The molecule has 0 aliphatic carbocycles. The molecule has 1 heterocycles.